The van der Waals surface area contributed by atoms with E-state index in [1.807, 2.05) is 51.1 Å². The quantitative estimate of drug-likeness (QED) is 0.559. The van der Waals surface area contributed by atoms with Gasteiger partial charge in [-0.3, -0.25) is 9.59 Å². The minimum Gasteiger partial charge on any atom is -0.459 e. The van der Waals surface area contributed by atoms with Crippen LogP contribution in [0, 0.1) is 13.8 Å². The third-order valence-electron chi connectivity index (χ3n) is 4.18. The molecule has 0 saturated heterocycles. The van der Waals surface area contributed by atoms with Gasteiger partial charge in [-0.05, 0) is 68.8 Å². The number of thioether (sulfide) groups is 1. The zero-order valence-corrected chi connectivity index (χ0v) is 16.8. The molecule has 1 unspecified atom stereocenters. The Balaban J connectivity index is 1.57. The number of amides is 2. The summed E-state index contributed by atoms with van der Waals surface area (Å²) in [4.78, 5) is 25.4. The van der Waals surface area contributed by atoms with Crippen LogP contribution in [0.4, 0.5) is 11.4 Å². The number of rotatable bonds is 6. The van der Waals surface area contributed by atoms with E-state index in [4.69, 9.17) is 4.42 Å². The lowest BCUT2D eigenvalue weighted by atomic mass is 10.1. The molecule has 3 rings (SSSR count). The Hall–Kier alpha value is -2.99. The summed E-state index contributed by atoms with van der Waals surface area (Å²) in [5.41, 5.74) is 3.71. The van der Waals surface area contributed by atoms with E-state index >= 15 is 0 Å². The summed E-state index contributed by atoms with van der Waals surface area (Å²) in [6.07, 6.45) is 1.46. The van der Waals surface area contributed by atoms with Gasteiger partial charge >= 0.3 is 0 Å². The third kappa shape index (κ3) is 5.04. The van der Waals surface area contributed by atoms with Gasteiger partial charge in [0.25, 0.3) is 5.91 Å². The molecule has 1 atom stereocenters. The van der Waals surface area contributed by atoms with Crippen LogP contribution in [0.5, 0.6) is 0 Å². The number of carbonyl (C=O) groups is 2. The van der Waals surface area contributed by atoms with E-state index in [9.17, 15) is 9.59 Å². The van der Waals surface area contributed by atoms with Crippen LogP contribution in [0.15, 0.2) is 70.2 Å². The van der Waals surface area contributed by atoms with Crippen molar-refractivity contribution in [3.63, 3.8) is 0 Å². The number of hydrogen-bond acceptors (Lipinski definition) is 4. The van der Waals surface area contributed by atoms with Gasteiger partial charge in [0, 0.05) is 16.3 Å². The van der Waals surface area contributed by atoms with Crippen molar-refractivity contribution in [1.82, 2.24) is 0 Å². The van der Waals surface area contributed by atoms with E-state index in [-0.39, 0.29) is 22.8 Å². The van der Waals surface area contributed by atoms with Gasteiger partial charge in [0.1, 0.15) is 0 Å². The fraction of sp³-hybridized carbons (Fsp3) is 0.182. The first-order chi connectivity index (χ1) is 13.4. The topological polar surface area (TPSA) is 71.3 Å². The Labute approximate surface area is 168 Å². The van der Waals surface area contributed by atoms with E-state index in [1.165, 1.54) is 18.0 Å². The maximum absolute atomic E-state index is 12.5. The van der Waals surface area contributed by atoms with Crippen molar-refractivity contribution in [2.24, 2.45) is 0 Å². The molecule has 0 saturated carbocycles. The van der Waals surface area contributed by atoms with Crippen LogP contribution < -0.4 is 10.6 Å². The van der Waals surface area contributed by atoms with Crippen molar-refractivity contribution in [3.05, 3.63) is 77.7 Å². The zero-order chi connectivity index (χ0) is 20.1. The molecular weight excluding hydrogens is 372 g/mol. The SMILES string of the molecule is Cc1ccc(NC(=O)C(C)Sc2ccc(NC(=O)c3ccco3)cc2)c(C)c1. The van der Waals surface area contributed by atoms with Gasteiger partial charge in [-0.25, -0.2) is 0 Å². The second kappa shape index (κ2) is 8.80. The number of aryl methyl sites for hydroxylation is 2. The molecule has 2 amide bonds. The fourth-order valence-electron chi connectivity index (χ4n) is 2.66. The van der Waals surface area contributed by atoms with Crippen LogP contribution in [0.2, 0.25) is 0 Å². The molecule has 1 aromatic heterocycles. The van der Waals surface area contributed by atoms with E-state index in [0.717, 1.165) is 21.7 Å². The highest BCUT2D eigenvalue weighted by Crippen LogP contribution is 2.26. The number of anilines is 2. The van der Waals surface area contributed by atoms with Crippen molar-refractivity contribution in [3.8, 4) is 0 Å². The third-order valence-corrected chi connectivity index (χ3v) is 5.29. The number of carbonyl (C=O) groups excluding carboxylic acids is 2. The summed E-state index contributed by atoms with van der Waals surface area (Å²) < 4.78 is 5.07. The lowest BCUT2D eigenvalue weighted by Crippen LogP contribution is -2.22. The van der Waals surface area contributed by atoms with Crippen LogP contribution in [0.25, 0.3) is 0 Å². The lowest BCUT2D eigenvalue weighted by Gasteiger charge is -2.14. The Bertz CT molecular complexity index is 966. The molecule has 5 nitrogen and oxygen atoms in total. The van der Waals surface area contributed by atoms with Gasteiger partial charge < -0.3 is 15.1 Å². The van der Waals surface area contributed by atoms with E-state index in [0.29, 0.717) is 5.69 Å². The lowest BCUT2D eigenvalue weighted by molar-refractivity contribution is -0.115. The summed E-state index contributed by atoms with van der Waals surface area (Å²) in [7, 11) is 0. The highest BCUT2D eigenvalue weighted by molar-refractivity contribution is 8.00. The molecule has 144 valence electrons. The molecule has 0 radical (unpaired) electrons. The molecule has 0 aliphatic heterocycles. The predicted molar refractivity (Wildman–Crippen MR) is 113 cm³/mol. The standard InChI is InChI=1S/C22H22N2O3S/c1-14-6-11-19(15(2)13-14)24-21(25)16(3)28-18-9-7-17(8-10-18)23-22(26)20-5-4-12-27-20/h4-13,16H,1-3H3,(H,23,26)(H,24,25). The molecule has 0 bridgehead atoms. The largest absolute Gasteiger partial charge is 0.459 e. The van der Waals surface area contributed by atoms with Gasteiger partial charge in [0.2, 0.25) is 5.91 Å². The summed E-state index contributed by atoms with van der Waals surface area (Å²) in [6.45, 7) is 5.88. The summed E-state index contributed by atoms with van der Waals surface area (Å²) in [6, 6.07) is 16.6. The van der Waals surface area contributed by atoms with Crippen LogP contribution >= 0.6 is 11.8 Å². The normalized spacial score (nSPS) is 11.7. The van der Waals surface area contributed by atoms with Crippen LogP contribution in [0.3, 0.4) is 0 Å². The van der Waals surface area contributed by atoms with E-state index in [2.05, 4.69) is 10.6 Å². The van der Waals surface area contributed by atoms with Crippen molar-refractivity contribution in [2.75, 3.05) is 10.6 Å². The number of furan rings is 1. The number of hydrogen-bond donors (Lipinski definition) is 2. The first kappa shape index (κ1) is 19.8. The average molecular weight is 394 g/mol. The summed E-state index contributed by atoms with van der Waals surface area (Å²) in [5.74, 6) is -0.0890. The maximum atomic E-state index is 12.5. The van der Waals surface area contributed by atoms with Crippen LogP contribution in [-0.2, 0) is 4.79 Å². The second-order valence-electron chi connectivity index (χ2n) is 6.52. The Morgan fingerprint density at radius 2 is 1.75 bits per heavy atom. The molecule has 0 spiro atoms. The highest BCUT2D eigenvalue weighted by Gasteiger charge is 2.16. The van der Waals surface area contributed by atoms with Crippen molar-refractivity contribution >= 4 is 35.0 Å². The highest BCUT2D eigenvalue weighted by atomic mass is 32.2. The Morgan fingerprint density at radius 3 is 2.39 bits per heavy atom. The van der Waals surface area contributed by atoms with Gasteiger partial charge in [0.15, 0.2) is 5.76 Å². The van der Waals surface area contributed by atoms with Crippen molar-refractivity contribution in [2.45, 2.75) is 30.9 Å². The first-order valence-electron chi connectivity index (χ1n) is 8.92. The maximum Gasteiger partial charge on any atom is 0.291 e. The smallest absolute Gasteiger partial charge is 0.291 e. The predicted octanol–water partition coefficient (Wildman–Crippen LogP) is 5.27. The number of nitrogens with one attached hydrogen (secondary N) is 2. The molecular formula is C22H22N2O3S. The van der Waals surface area contributed by atoms with Crippen LogP contribution in [-0.4, -0.2) is 17.1 Å². The average Bonchev–Trinajstić information content (AvgIpc) is 3.20. The molecule has 2 N–H and O–H groups in total. The van der Waals surface area contributed by atoms with E-state index in [1.54, 1.807) is 24.3 Å². The monoisotopic (exact) mass is 394 g/mol. The summed E-state index contributed by atoms with van der Waals surface area (Å²) >= 11 is 1.46. The molecule has 0 fully saturated rings. The molecule has 0 aliphatic rings. The Morgan fingerprint density at radius 1 is 1.00 bits per heavy atom. The zero-order valence-electron chi connectivity index (χ0n) is 16.0. The van der Waals surface area contributed by atoms with Gasteiger partial charge in [-0.2, -0.15) is 0 Å². The van der Waals surface area contributed by atoms with Gasteiger partial charge in [-0.15, -0.1) is 11.8 Å². The van der Waals surface area contributed by atoms with Crippen molar-refractivity contribution in [1.29, 1.82) is 0 Å². The molecule has 1 heterocycles. The Kier molecular flexibility index (Phi) is 6.21. The summed E-state index contributed by atoms with van der Waals surface area (Å²) in [5, 5.41) is 5.49. The molecule has 28 heavy (non-hydrogen) atoms. The molecule has 6 heteroatoms. The minimum absolute atomic E-state index is 0.0489. The van der Waals surface area contributed by atoms with Gasteiger partial charge in [0.05, 0.1) is 11.5 Å². The second-order valence-corrected chi connectivity index (χ2v) is 7.94. The molecule has 2 aromatic carbocycles. The molecule has 3 aromatic rings. The van der Waals surface area contributed by atoms with Gasteiger partial charge in [-0.1, -0.05) is 17.7 Å². The van der Waals surface area contributed by atoms with Crippen molar-refractivity contribution < 1.29 is 14.0 Å². The van der Waals surface area contributed by atoms with Crippen LogP contribution in [0.1, 0.15) is 28.6 Å². The fourth-order valence-corrected chi connectivity index (χ4v) is 3.53. The minimum atomic E-state index is -0.299. The molecule has 0 aliphatic carbocycles. The first-order valence-corrected chi connectivity index (χ1v) is 9.80. The number of benzene rings is 2. The van der Waals surface area contributed by atoms with E-state index < -0.39 is 0 Å².